The van der Waals surface area contributed by atoms with Crippen molar-refractivity contribution in [2.75, 3.05) is 0 Å². The molecule has 212 valence electrons. The normalized spacial score (nSPS) is 13.4. The summed E-state index contributed by atoms with van der Waals surface area (Å²) in [6.45, 7) is 6.80. The lowest BCUT2D eigenvalue weighted by molar-refractivity contribution is -0.344. The maximum Gasteiger partial charge on any atom is 0.210 e. The van der Waals surface area contributed by atoms with Crippen molar-refractivity contribution in [3.05, 3.63) is 88.0 Å². The third-order valence-corrected chi connectivity index (χ3v) is 8.22. The first-order valence-corrected chi connectivity index (χ1v) is 16.3. The van der Waals surface area contributed by atoms with Gasteiger partial charge in [-0.15, -0.1) is 0 Å². The average Bonchev–Trinajstić information content (AvgIpc) is 3.29. The van der Waals surface area contributed by atoms with Gasteiger partial charge in [0, 0.05) is 22.8 Å². The minimum Gasteiger partial charge on any atom is -0.493 e. The first kappa shape index (κ1) is 31.1. The average molecular weight is 527 g/mol. The lowest BCUT2D eigenvalue weighted by Gasteiger charge is -2.11. The first-order chi connectivity index (χ1) is 19.2. The van der Waals surface area contributed by atoms with E-state index in [0.717, 1.165) is 48.2 Å². The second-order valence-corrected chi connectivity index (χ2v) is 11.6. The van der Waals surface area contributed by atoms with E-state index in [-0.39, 0.29) is 0 Å². The van der Waals surface area contributed by atoms with E-state index in [2.05, 4.69) is 75.4 Å². The fourth-order valence-electron chi connectivity index (χ4n) is 5.71. The Morgan fingerprint density at radius 1 is 0.487 bits per heavy atom. The molecule has 1 heterocycles. The number of aryl methyl sites for hydroxylation is 2. The lowest BCUT2D eigenvalue weighted by Crippen LogP contribution is -2.02. The largest absolute Gasteiger partial charge is 0.493 e. The van der Waals surface area contributed by atoms with Gasteiger partial charge in [0.05, 0.1) is 0 Å². The van der Waals surface area contributed by atoms with Crippen molar-refractivity contribution >= 4 is 11.4 Å². The molecule has 0 bridgehead atoms. The van der Waals surface area contributed by atoms with Crippen LogP contribution in [-0.4, -0.2) is 4.70 Å². The molecule has 2 aromatic carbocycles. The van der Waals surface area contributed by atoms with Crippen LogP contribution < -0.4 is 0 Å². The third-order valence-electron chi connectivity index (χ3n) is 8.22. The summed E-state index contributed by atoms with van der Waals surface area (Å²) in [5.41, 5.74) is 19.5. The molecule has 0 unspecified atom stereocenters. The molecule has 2 nitrogen and oxygen atoms in total. The van der Waals surface area contributed by atoms with Crippen molar-refractivity contribution in [1.29, 1.82) is 0 Å². The number of nitrogens with zero attached hydrogens (tertiary/aromatic N) is 2. The van der Waals surface area contributed by atoms with E-state index in [1.807, 2.05) is 0 Å². The fraction of sp³-hybridized carbons (Fsp3) is 0.568. The molecule has 0 atom stereocenters. The van der Waals surface area contributed by atoms with Crippen molar-refractivity contribution in [1.82, 2.24) is 0 Å². The van der Waals surface area contributed by atoms with Crippen LogP contribution >= 0.6 is 0 Å². The van der Waals surface area contributed by atoms with E-state index in [0.29, 0.717) is 0 Å². The van der Waals surface area contributed by atoms with E-state index >= 15 is 0 Å². The highest BCUT2D eigenvalue weighted by Gasteiger charge is 2.28. The van der Waals surface area contributed by atoms with Gasteiger partial charge in [0.1, 0.15) is 0 Å². The molecule has 2 heteroatoms. The Kier molecular flexibility index (Phi) is 14.3. The molecule has 2 aromatic rings. The first-order valence-electron chi connectivity index (χ1n) is 16.3. The van der Waals surface area contributed by atoms with Crippen molar-refractivity contribution in [3.63, 3.8) is 0 Å². The Morgan fingerprint density at radius 2 is 0.897 bits per heavy atom. The van der Waals surface area contributed by atoms with Gasteiger partial charge >= 0.3 is 0 Å². The van der Waals surface area contributed by atoms with Crippen LogP contribution in [0, 0.1) is 0 Å². The van der Waals surface area contributed by atoms with E-state index < -0.39 is 0 Å². The van der Waals surface area contributed by atoms with Crippen molar-refractivity contribution < 1.29 is 4.70 Å². The van der Waals surface area contributed by atoms with Crippen LogP contribution in [0.25, 0.3) is 16.9 Å². The molecule has 0 aromatic heterocycles. The number of hydrogen-bond acceptors (Lipinski definition) is 0. The van der Waals surface area contributed by atoms with Crippen molar-refractivity contribution in [2.24, 2.45) is 0 Å². The molecule has 0 N–H and O–H groups in total. The summed E-state index contributed by atoms with van der Waals surface area (Å²) in [6.07, 6.45) is 25.0. The summed E-state index contributed by atoms with van der Waals surface area (Å²) in [7, 11) is 0. The van der Waals surface area contributed by atoms with Gasteiger partial charge < -0.3 is 5.53 Å². The molecular weight excluding hydrogens is 472 g/mol. The Hall–Kier alpha value is -2.48. The Morgan fingerprint density at radius 3 is 1.41 bits per heavy atom. The number of rotatable bonds is 20. The zero-order valence-corrected chi connectivity index (χ0v) is 25.3. The molecule has 3 rings (SSSR count). The van der Waals surface area contributed by atoms with Gasteiger partial charge in [-0.05, 0) is 73.9 Å². The summed E-state index contributed by atoms with van der Waals surface area (Å²) >= 11 is 0. The number of allylic oxidation sites excluding steroid dienone is 2. The number of unbranched alkanes of at least 4 members (excludes halogenated alkanes) is 12. The fourth-order valence-corrected chi connectivity index (χ4v) is 5.71. The Labute approximate surface area is 240 Å². The van der Waals surface area contributed by atoms with Gasteiger partial charge in [-0.3, -0.25) is 0 Å². The quantitative estimate of drug-likeness (QED) is 0.121. The molecule has 0 aliphatic carbocycles. The van der Waals surface area contributed by atoms with Crippen molar-refractivity contribution in [2.45, 2.75) is 136 Å². The Balaban J connectivity index is 1.63. The topological polar surface area (TPSA) is 25.3 Å². The summed E-state index contributed by atoms with van der Waals surface area (Å²) in [5.74, 6) is 0. The second-order valence-electron chi connectivity index (χ2n) is 11.6. The zero-order valence-electron chi connectivity index (χ0n) is 25.3. The highest BCUT2D eigenvalue weighted by atomic mass is 15.2. The van der Waals surface area contributed by atoms with Crippen LogP contribution in [0.1, 0.15) is 146 Å². The second kappa shape index (κ2) is 18.0. The number of hydrogen-bond donors (Lipinski definition) is 0. The smallest absolute Gasteiger partial charge is 0.210 e. The molecule has 0 radical (unpaired) electrons. The molecule has 0 amide bonds. The van der Waals surface area contributed by atoms with Crippen molar-refractivity contribution in [3.8, 4) is 0 Å². The number of benzene rings is 2. The third kappa shape index (κ3) is 10.2. The standard InChI is InChI=1S/C37H54N2/c1-4-7-10-12-14-17-19-31-22-26-33(27-23-31)36-30-35(21-16-9-6-3)37(39(36)38)34-28-24-32(25-29-34)20-18-15-13-11-8-5-2/h22-30H,4-21H2,1-3H3. The molecule has 0 saturated carbocycles. The lowest BCUT2D eigenvalue weighted by atomic mass is 9.99. The summed E-state index contributed by atoms with van der Waals surface area (Å²) in [6, 6.07) is 17.8. The Bertz CT molecular complexity index is 1040. The van der Waals surface area contributed by atoms with E-state index in [9.17, 15) is 5.53 Å². The molecule has 39 heavy (non-hydrogen) atoms. The van der Waals surface area contributed by atoms with Gasteiger partial charge in [-0.1, -0.05) is 122 Å². The maximum absolute atomic E-state index is 11.4. The highest BCUT2D eigenvalue weighted by molar-refractivity contribution is 5.78. The highest BCUT2D eigenvalue weighted by Crippen LogP contribution is 2.37. The van der Waals surface area contributed by atoms with Gasteiger partial charge in [-0.25, -0.2) is 4.70 Å². The summed E-state index contributed by atoms with van der Waals surface area (Å²) in [5, 5.41) is 0. The van der Waals surface area contributed by atoms with Gasteiger partial charge in [0.15, 0.2) is 0 Å². The predicted octanol–water partition coefficient (Wildman–Crippen LogP) is 11.9. The maximum atomic E-state index is 11.4. The van der Waals surface area contributed by atoms with E-state index in [1.54, 1.807) is 0 Å². The SMILES string of the molecule is CCCCCCCCc1ccc(C2=CC(CCCCC)=C(c3ccc(CCCCCCCC)cc3)[N+]2=[N-])cc1. The van der Waals surface area contributed by atoms with Crippen LogP contribution in [0.2, 0.25) is 0 Å². The molecule has 1 aliphatic rings. The van der Waals surface area contributed by atoms with Crippen LogP contribution in [0.15, 0.2) is 60.2 Å². The zero-order chi connectivity index (χ0) is 27.7. The van der Waals surface area contributed by atoms with Gasteiger partial charge in [0.2, 0.25) is 11.4 Å². The van der Waals surface area contributed by atoms with Gasteiger partial charge in [0.25, 0.3) is 0 Å². The summed E-state index contributed by atoms with van der Waals surface area (Å²) < 4.78 is 1.45. The van der Waals surface area contributed by atoms with Crippen LogP contribution in [0.3, 0.4) is 0 Å². The van der Waals surface area contributed by atoms with Gasteiger partial charge in [-0.2, -0.15) is 0 Å². The molecule has 0 spiro atoms. The summed E-state index contributed by atoms with van der Waals surface area (Å²) in [4.78, 5) is 0. The minimum atomic E-state index is 0.902. The molecular formula is C37H54N2. The monoisotopic (exact) mass is 526 g/mol. The predicted molar refractivity (Wildman–Crippen MR) is 170 cm³/mol. The van der Waals surface area contributed by atoms with Crippen LogP contribution in [-0.2, 0) is 12.8 Å². The molecule has 0 saturated heterocycles. The minimum absolute atomic E-state index is 0.902. The molecule has 1 aliphatic heterocycles. The van der Waals surface area contributed by atoms with Crippen LogP contribution in [0.5, 0.6) is 0 Å². The van der Waals surface area contributed by atoms with Crippen LogP contribution in [0.4, 0.5) is 0 Å². The van der Waals surface area contributed by atoms with E-state index in [4.69, 9.17) is 0 Å². The van der Waals surface area contributed by atoms with E-state index in [1.165, 1.54) is 111 Å². The molecule has 0 fully saturated rings.